The van der Waals surface area contributed by atoms with Gasteiger partial charge in [0, 0.05) is 12.6 Å². The van der Waals surface area contributed by atoms with E-state index in [1.807, 2.05) is 65.6 Å². The average Bonchev–Trinajstić information content (AvgIpc) is 3.61. The molecule has 2 aromatic heterocycles. The highest BCUT2D eigenvalue weighted by Crippen LogP contribution is 2.36. The number of fused-ring (bicyclic) bond motifs is 1. The highest BCUT2D eigenvalue weighted by atomic mass is 32.2. The van der Waals surface area contributed by atoms with Crippen molar-refractivity contribution in [2.24, 2.45) is 5.92 Å². The van der Waals surface area contributed by atoms with Gasteiger partial charge in [0.1, 0.15) is 5.39 Å². The smallest absolute Gasteiger partial charge is 0.262 e. The van der Waals surface area contributed by atoms with Gasteiger partial charge in [0.25, 0.3) is 5.56 Å². The quantitative estimate of drug-likeness (QED) is 0.318. The van der Waals surface area contributed by atoms with Gasteiger partial charge in [0.2, 0.25) is 5.91 Å². The van der Waals surface area contributed by atoms with Crippen molar-refractivity contribution in [2.75, 3.05) is 5.75 Å². The normalized spacial score (nSPS) is 14.3. The van der Waals surface area contributed by atoms with Gasteiger partial charge >= 0.3 is 0 Å². The highest BCUT2D eigenvalue weighted by molar-refractivity contribution is 7.99. The monoisotopic (exact) mass is 459 g/mol. The number of carbonyl (C=O) groups excluding carboxylic acids is 1. The largest absolute Gasteiger partial charge is 0.335 e. The first-order chi connectivity index (χ1) is 16.1. The van der Waals surface area contributed by atoms with E-state index in [-0.39, 0.29) is 23.3 Å². The van der Waals surface area contributed by atoms with Crippen LogP contribution in [0.4, 0.5) is 0 Å². The van der Waals surface area contributed by atoms with Gasteiger partial charge < -0.3 is 9.88 Å². The third-order valence-electron chi connectivity index (χ3n) is 6.06. The number of carbonyl (C=O) groups is 1. The minimum atomic E-state index is -0.260. The van der Waals surface area contributed by atoms with Crippen molar-refractivity contribution >= 4 is 28.7 Å². The van der Waals surface area contributed by atoms with Crippen molar-refractivity contribution in [2.45, 2.75) is 37.5 Å². The van der Waals surface area contributed by atoms with Crippen molar-refractivity contribution in [1.82, 2.24) is 24.6 Å². The van der Waals surface area contributed by atoms with E-state index >= 15 is 0 Å². The van der Waals surface area contributed by atoms with Crippen LogP contribution in [-0.4, -0.2) is 42.4 Å². The second-order valence-corrected chi connectivity index (χ2v) is 9.34. The first kappa shape index (κ1) is 21.5. The first-order valence-corrected chi connectivity index (χ1v) is 12.1. The van der Waals surface area contributed by atoms with Crippen molar-refractivity contribution in [3.63, 3.8) is 0 Å². The van der Waals surface area contributed by atoms with Gasteiger partial charge in [-0.2, -0.15) is 5.10 Å². The summed E-state index contributed by atoms with van der Waals surface area (Å²) in [6, 6.07) is 19.8. The van der Waals surface area contributed by atoms with E-state index in [2.05, 4.69) is 22.0 Å². The predicted molar refractivity (Wildman–Crippen MR) is 129 cm³/mol. The molecule has 168 valence electrons. The Hall–Kier alpha value is -3.39. The number of H-pyrrole nitrogens is 1. The molecule has 5 rings (SSSR count). The summed E-state index contributed by atoms with van der Waals surface area (Å²) in [5.41, 5.74) is 2.16. The van der Waals surface area contributed by atoms with E-state index < -0.39 is 0 Å². The summed E-state index contributed by atoms with van der Waals surface area (Å²) in [6.45, 7) is 2.72. The van der Waals surface area contributed by atoms with Crippen LogP contribution in [0.25, 0.3) is 16.7 Å². The number of aromatic nitrogens is 4. The molecule has 0 radical (unpaired) electrons. The zero-order chi connectivity index (χ0) is 22.8. The van der Waals surface area contributed by atoms with Crippen LogP contribution in [0.2, 0.25) is 0 Å². The minimum Gasteiger partial charge on any atom is -0.335 e. The molecular weight excluding hydrogens is 434 g/mol. The predicted octanol–water partition coefficient (Wildman–Crippen LogP) is 4.03. The van der Waals surface area contributed by atoms with Crippen LogP contribution in [0.3, 0.4) is 0 Å². The van der Waals surface area contributed by atoms with Crippen LogP contribution in [-0.2, 0) is 11.3 Å². The van der Waals surface area contributed by atoms with Gasteiger partial charge in [-0.05, 0) is 43.4 Å². The number of amides is 1. The van der Waals surface area contributed by atoms with Crippen molar-refractivity contribution in [3.8, 4) is 5.69 Å². The Labute approximate surface area is 195 Å². The van der Waals surface area contributed by atoms with Crippen LogP contribution < -0.4 is 5.56 Å². The molecule has 1 N–H and O–H groups in total. The fourth-order valence-corrected chi connectivity index (χ4v) is 4.75. The Kier molecular flexibility index (Phi) is 6.00. The Morgan fingerprint density at radius 2 is 1.85 bits per heavy atom. The lowest BCUT2D eigenvalue weighted by Crippen LogP contribution is -2.40. The summed E-state index contributed by atoms with van der Waals surface area (Å²) in [5.74, 6) is 0.817. The van der Waals surface area contributed by atoms with Crippen LogP contribution >= 0.6 is 11.8 Å². The highest BCUT2D eigenvalue weighted by Gasteiger charge is 2.34. The number of hydrogen-bond donors (Lipinski definition) is 1. The summed E-state index contributed by atoms with van der Waals surface area (Å²) in [6.07, 6.45) is 3.86. The number of hydrogen-bond acceptors (Lipinski definition) is 5. The molecular formula is C25H25N5O2S. The van der Waals surface area contributed by atoms with E-state index in [1.165, 1.54) is 30.8 Å². The molecule has 0 spiro atoms. The summed E-state index contributed by atoms with van der Waals surface area (Å²) in [4.78, 5) is 35.2. The number of thioether (sulfide) groups is 1. The van der Waals surface area contributed by atoms with Gasteiger partial charge in [0.15, 0.2) is 10.8 Å². The standard InChI is InChI=1S/C25H25N5O2S/c1-17(19-12-13-19)29(15-18-8-4-2-5-9-18)22(31)16-33-25-27-23-21(24(32)28-25)14-26-30(23)20-10-6-3-7-11-20/h2-11,14,17,19H,12-13,15-16H2,1H3,(H,27,28,32). The number of benzene rings is 2. The second-order valence-electron chi connectivity index (χ2n) is 8.37. The number of nitrogens with one attached hydrogen (secondary N) is 1. The van der Waals surface area contributed by atoms with Gasteiger partial charge in [-0.25, -0.2) is 9.67 Å². The summed E-state index contributed by atoms with van der Waals surface area (Å²) in [5, 5.41) is 5.17. The Morgan fingerprint density at radius 1 is 1.15 bits per heavy atom. The number of rotatable bonds is 8. The Morgan fingerprint density at radius 3 is 2.55 bits per heavy atom. The molecule has 1 amide bonds. The fraction of sp³-hybridized carbons (Fsp3) is 0.280. The molecule has 8 heteroatoms. The molecule has 1 saturated carbocycles. The topological polar surface area (TPSA) is 83.9 Å². The Balaban J connectivity index is 1.36. The molecule has 33 heavy (non-hydrogen) atoms. The molecule has 1 fully saturated rings. The summed E-state index contributed by atoms with van der Waals surface area (Å²) < 4.78 is 1.65. The van der Waals surface area contributed by atoms with Gasteiger partial charge in [-0.15, -0.1) is 0 Å². The molecule has 2 aromatic carbocycles. The lowest BCUT2D eigenvalue weighted by atomic mass is 10.1. The molecule has 1 unspecified atom stereocenters. The lowest BCUT2D eigenvalue weighted by Gasteiger charge is -2.29. The molecule has 0 aliphatic heterocycles. The van der Waals surface area contributed by atoms with E-state index in [0.29, 0.717) is 28.7 Å². The zero-order valence-electron chi connectivity index (χ0n) is 18.3. The average molecular weight is 460 g/mol. The second kappa shape index (κ2) is 9.23. The zero-order valence-corrected chi connectivity index (χ0v) is 19.2. The molecule has 1 atom stereocenters. The number of aromatic amines is 1. The molecule has 1 aliphatic rings. The lowest BCUT2D eigenvalue weighted by molar-refractivity contribution is -0.131. The van der Waals surface area contributed by atoms with Crippen LogP contribution in [0.1, 0.15) is 25.3 Å². The maximum atomic E-state index is 13.2. The maximum absolute atomic E-state index is 13.2. The molecule has 0 saturated heterocycles. The SMILES string of the molecule is CC(C1CC1)N(Cc1ccccc1)C(=O)CSc1nc2c(cnn2-c2ccccc2)c(=O)[nH]1. The van der Waals surface area contributed by atoms with Gasteiger partial charge in [-0.3, -0.25) is 9.59 Å². The molecule has 4 aromatic rings. The molecule has 0 bridgehead atoms. The molecule has 1 aliphatic carbocycles. The first-order valence-electron chi connectivity index (χ1n) is 11.1. The van der Waals surface area contributed by atoms with E-state index in [9.17, 15) is 9.59 Å². The van der Waals surface area contributed by atoms with Crippen molar-refractivity contribution < 1.29 is 4.79 Å². The van der Waals surface area contributed by atoms with Gasteiger partial charge in [-0.1, -0.05) is 60.3 Å². The van der Waals surface area contributed by atoms with Gasteiger partial charge in [0.05, 0.1) is 17.6 Å². The molecule has 2 heterocycles. The van der Waals surface area contributed by atoms with E-state index in [1.54, 1.807) is 4.68 Å². The third kappa shape index (κ3) is 4.71. The summed E-state index contributed by atoms with van der Waals surface area (Å²) in [7, 11) is 0. The maximum Gasteiger partial charge on any atom is 0.262 e. The van der Waals surface area contributed by atoms with E-state index in [0.717, 1.165) is 11.3 Å². The number of nitrogens with zero attached hydrogens (tertiary/aromatic N) is 4. The van der Waals surface area contributed by atoms with E-state index in [4.69, 9.17) is 0 Å². The number of para-hydroxylation sites is 1. The van der Waals surface area contributed by atoms with Crippen LogP contribution in [0.15, 0.2) is 76.8 Å². The van der Waals surface area contributed by atoms with Crippen LogP contribution in [0.5, 0.6) is 0 Å². The minimum absolute atomic E-state index is 0.0440. The Bertz CT molecular complexity index is 1320. The van der Waals surface area contributed by atoms with Crippen molar-refractivity contribution in [3.05, 3.63) is 82.8 Å². The molecule has 7 nitrogen and oxygen atoms in total. The summed E-state index contributed by atoms with van der Waals surface area (Å²) >= 11 is 1.25. The van der Waals surface area contributed by atoms with Crippen LogP contribution in [0, 0.1) is 5.92 Å². The third-order valence-corrected chi connectivity index (χ3v) is 6.92. The van der Waals surface area contributed by atoms with Crippen molar-refractivity contribution in [1.29, 1.82) is 0 Å². The fourth-order valence-electron chi connectivity index (χ4n) is 4.01.